The molecule has 0 radical (unpaired) electrons. The second kappa shape index (κ2) is 7.71. The van der Waals surface area contributed by atoms with Crippen molar-refractivity contribution in [1.82, 2.24) is 14.5 Å². The molecule has 162 valence electrons. The van der Waals surface area contributed by atoms with Crippen molar-refractivity contribution in [3.05, 3.63) is 71.4 Å². The number of nitrogens with zero attached hydrogens (tertiary/aromatic N) is 3. The maximum atomic E-state index is 13.8. The molecule has 0 bridgehead atoms. The van der Waals surface area contributed by atoms with Crippen molar-refractivity contribution < 1.29 is 19.1 Å². The van der Waals surface area contributed by atoms with Crippen LogP contribution in [0, 0.1) is 5.82 Å². The summed E-state index contributed by atoms with van der Waals surface area (Å²) in [4.78, 5) is 32.5. The Kier molecular flexibility index (Phi) is 4.84. The van der Waals surface area contributed by atoms with Gasteiger partial charge >= 0.3 is 12.0 Å². The van der Waals surface area contributed by atoms with Crippen molar-refractivity contribution in [3.8, 4) is 0 Å². The van der Waals surface area contributed by atoms with E-state index in [4.69, 9.17) is 5.73 Å². The van der Waals surface area contributed by atoms with Gasteiger partial charge in [0.15, 0.2) is 0 Å². The summed E-state index contributed by atoms with van der Waals surface area (Å²) in [7, 11) is 0. The van der Waals surface area contributed by atoms with Gasteiger partial charge in [0.05, 0.1) is 22.1 Å². The van der Waals surface area contributed by atoms with Gasteiger partial charge in [0.2, 0.25) is 0 Å². The van der Waals surface area contributed by atoms with Gasteiger partial charge in [0.1, 0.15) is 11.6 Å². The minimum Gasteiger partial charge on any atom is -0.478 e. The largest absolute Gasteiger partial charge is 0.478 e. The minimum absolute atomic E-state index is 0.0178. The van der Waals surface area contributed by atoms with E-state index in [0.29, 0.717) is 16.9 Å². The first kappa shape index (κ1) is 20.1. The molecule has 1 fully saturated rings. The van der Waals surface area contributed by atoms with Crippen LogP contribution in [0.25, 0.3) is 21.9 Å². The van der Waals surface area contributed by atoms with Gasteiger partial charge in [-0.1, -0.05) is 0 Å². The van der Waals surface area contributed by atoms with Crippen molar-refractivity contribution >= 4 is 33.9 Å². The Morgan fingerprint density at radius 1 is 1.00 bits per heavy atom. The Morgan fingerprint density at radius 2 is 1.75 bits per heavy atom. The quantitative estimate of drug-likeness (QED) is 0.483. The van der Waals surface area contributed by atoms with Crippen LogP contribution in [0.1, 0.15) is 59.3 Å². The normalized spacial score (nSPS) is 18.8. The molecule has 2 heterocycles. The molecular weight excluding hydrogens is 411 g/mol. The highest BCUT2D eigenvalue weighted by atomic mass is 19.1. The molecule has 1 saturated carbocycles. The monoisotopic (exact) mass is 432 g/mol. The summed E-state index contributed by atoms with van der Waals surface area (Å²) < 4.78 is 15.2. The number of hydrogen-bond acceptors (Lipinski definition) is 4. The molecule has 0 aliphatic heterocycles. The van der Waals surface area contributed by atoms with Crippen LogP contribution in [-0.4, -0.2) is 31.6 Å². The molecule has 2 aromatic carbocycles. The van der Waals surface area contributed by atoms with E-state index < -0.39 is 12.0 Å². The van der Waals surface area contributed by atoms with Gasteiger partial charge in [0.25, 0.3) is 0 Å². The molecule has 2 aromatic heterocycles. The van der Waals surface area contributed by atoms with Gasteiger partial charge in [-0.15, -0.1) is 0 Å². The van der Waals surface area contributed by atoms with Gasteiger partial charge in [-0.25, -0.2) is 23.5 Å². The zero-order valence-corrected chi connectivity index (χ0v) is 17.2. The first-order valence-corrected chi connectivity index (χ1v) is 10.5. The number of aromatic carboxylic acids is 1. The summed E-state index contributed by atoms with van der Waals surface area (Å²) in [6, 6.07) is 10.5. The van der Waals surface area contributed by atoms with Gasteiger partial charge in [-0.3, -0.25) is 4.98 Å². The standard InChI is InChI=1S/C24H21FN4O3/c25-16-6-7-19-18(12-16)17(9-10-27-19)13-1-3-14(4-2-13)22-28-20-11-15(23(30)31)5-8-21(20)29(22)24(26)32/h5-14H,1-4H2,(H2,26,32)(H,30,31)/t13-,14-. The number of primary amides is 1. The van der Waals surface area contributed by atoms with Crippen LogP contribution in [0.3, 0.4) is 0 Å². The van der Waals surface area contributed by atoms with E-state index in [2.05, 4.69) is 9.97 Å². The smallest absolute Gasteiger partial charge is 0.335 e. The summed E-state index contributed by atoms with van der Waals surface area (Å²) >= 11 is 0. The molecule has 1 aliphatic carbocycles. The van der Waals surface area contributed by atoms with Crippen LogP contribution in [0.4, 0.5) is 9.18 Å². The minimum atomic E-state index is -1.05. The van der Waals surface area contributed by atoms with Gasteiger partial charge < -0.3 is 10.8 Å². The SMILES string of the molecule is NC(=O)n1c2ccc(C(=O)O)cc2nc1[C@H]1CC[C@H](c2ccnc3ccc(F)cc32)CC1. The zero-order chi connectivity index (χ0) is 22.4. The van der Waals surface area contributed by atoms with E-state index in [1.165, 1.54) is 28.8 Å². The molecule has 1 amide bonds. The summed E-state index contributed by atoms with van der Waals surface area (Å²) in [5, 5.41) is 10.1. The Balaban J connectivity index is 1.45. The number of imidazole rings is 1. The lowest BCUT2D eigenvalue weighted by Gasteiger charge is -2.29. The number of rotatable bonds is 3. The van der Waals surface area contributed by atoms with Crippen LogP contribution < -0.4 is 5.73 Å². The Labute approximate surface area is 182 Å². The third-order valence-corrected chi connectivity index (χ3v) is 6.42. The topological polar surface area (TPSA) is 111 Å². The van der Waals surface area contributed by atoms with Crippen LogP contribution in [-0.2, 0) is 0 Å². The lowest BCUT2D eigenvalue weighted by atomic mass is 9.77. The Bertz CT molecular complexity index is 1370. The summed E-state index contributed by atoms with van der Waals surface area (Å²) in [5.41, 5.74) is 8.57. The highest BCUT2D eigenvalue weighted by Gasteiger charge is 2.29. The molecular formula is C24H21FN4O3. The predicted octanol–water partition coefficient (Wildman–Crippen LogP) is 4.79. The summed E-state index contributed by atoms with van der Waals surface area (Å²) in [6.07, 6.45) is 5.03. The van der Waals surface area contributed by atoms with Gasteiger partial charge in [0, 0.05) is 17.5 Å². The second-order valence-corrected chi connectivity index (χ2v) is 8.26. The van der Waals surface area contributed by atoms with Crippen molar-refractivity contribution in [2.45, 2.75) is 37.5 Å². The number of carboxylic acid groups (broad SMARTS) is 1. The molecule has 0 saturated heterocycles. The summed E-state index contributed by atoms with van der Waals surface area (Å²) in [5.74, 6) is -0.494. The number of carbonyl (C=O) groups excluding carboxylic acids is 1. The molecule has 1 aliphatic rings. The zero-order valence-electron chi connectivity index (χ0n) is 17.2. The third-order valence-electron chi connectivity index (χ3n) is 6.42. The number of hydrogen-bond donors (Lipinski definition) is 2. The fraction of sp³-hybridized carbons (Fsp3) is 0.250. The fourth-order valence-corrected chi connectivity index (χ4v) is 4.90. The van der Waals surface area contributed by atoms with Crippen molar-refractivity contribution in [1.29, 1.82) is 0 Å². The Hall–Kier alpha value is -3.81. The molecule has 0 spiro atoms. The number of carboxylic acids is 1. The van der Waals surface area contributed by atoms with E-state index >= 15 is 0 Å². The van der Waals surface area contributed by atoms with E-state index in [0.717, 1.165) is 42.1 Å². The number of carbonyl (C=O) groups is 2. The second-order valence-electron chi connectivity index (χ2n) is 8.26. The van der Waals surface area contributed by atoms with Crippen LogP contribution >= 0.6 is 0 Å². The predicted molar refractivity (Wildman–Crippen MR) is 117 cm³/mol. The lowest BCUT2D eigenvalue weighted by Crippen LogP contribution is -2.24. The van der Waals surface area contributed by atoms with Crippen LogP contribution in [0.2, 0.25) is 0 Å². The fourth-order valence-electron chi connectivity index (χ4n) is 4.90. The molecule has 32 heavy (non-hydrogen) atoms. The maximum Gasteiger partial charge on any atom is 0.335 e. The average molecular weight is 432 g/mol. The lowest BCUT2D eigenvalue weighted by molar-refractivity contribution is 0.0697. The first-order valence-electron chi connectivity index (χ1n) is 10.5. The molecule has 0 unspecified atom stereocenters. The van der Waals surface area contributed by atoms with Crippen molar-refractivity contribution in [2.24, 2.45) is 5.73 Å². The molecule has 0 atom stereocenters. The highest BCUT2D eigenvalue weighted by molar-refractivity contribution is 5.95. The van der Waals surface area contributed by atoms with E-state index in [9.17, 15) is 19.1 Å². The molecule has 8 heteroatoms. The van der Waals surface area contributed by atoms with Crippen LogP contribution in [0.15, 0.2) is 48.7 Å². The van der Waals surface area contributed by atoms with Crippen molar-refractivity contribution in [3.63, 3.8) is 0 Å². The third kappa shape index (κ3) is 3.37. The number of benzene rings is 2. The molecule has 7 nitrogen and oxygen atoms in total. The van der Waals surface area contributed by atoms with Gasteiger partial charge in [-0.05, 0) is 79.6 Å². The Morgan fingerprint density at radius 3 is 2.47 bits per heavy atom. The van der Waals surface area contributed by atoms with Gasteiger partial charge in [-0.2, -0.15) is 0 Å². The average Bonchev–Trinajstić information content (AvgIpc) is 3.18. The number of halogens is 1. The molecule has 3 N–H and O–H groups in total. The number of fused-ring (bicyclic) bond motifs is 2. The van der Waals surface area contributed by atoms with E-state index in [-0.39, 0.29) is 23.2 Å². The van der Waals surface area contributed by atoms with Crippen LogP contribution in [0.5, 0.6) is 0 Å². The first-order chi connectivity index (χ1) is 15.4. The number of pyridine rings is 1. The van der Waals surface area contributed by atoms with E-state index in [1.54, 1.807) is 18.3 Å². The van der Waals surface area contributed by atoms with Crippen molar-refractivity contribution in [2.75, 3.05) is 0 Å². The molecule has 4 aromatic rings. The number of nitrogens with two attached hydrogens (primary N) is 1. The number of amides is 1. The molecule has 5 rings (SSSR count). The van der Waals surface area contributed by atoms with E-state index in [1.807, 2.05) is 6.07 Å². The number of aromatic nitrogens is 3. The highest BCUT2D eigenvalue weighted by Crippen LogP contribution is 2.42. The maximum absolute atomic E-state index is 13.8. The summed E-state index contributed by atoms with van der Waals surface area (Å²) in [6.45, 7) is 0.